The molecule has 7 atom stereocenters. The lowest BCUT2D eigenvalue weighted by Crippen LogP contribution is -2.68. The van der Waals surface area contributed by atoms with Crippen LogP contribution in [0.1, 0.15) is 50.7 Å². The number of hydrogen-bond donors (Lipinski definition) is 2. The number of cyclic esters (lactones) is 1. The summed E-state index contributed by atoms with van der Waals surface area (Å²) in [5, 5.41) is 11.5. The van der Waals surface area contributed by atoms with Crippen LogP contribution in [-0.2, 0) is 20.7 Å². The van der Waals surface area contributed by atoms with Crippen molar-refractivity contribution < 1.29 is 38.3 Å². The molecule has 2 aromatic rings. The standard InChI is InChI=1S/C31H36N4O8S/c1-13-7-15-8-17-30(33-3)35-18-9-40-31(37)16(32)10-44-29(21-20(18)28-26(42-12-43-28)14(2)24(21)36)23(35)22(34(17)4)19(15)27(25(13)39-6)41-11-38-5/h7,16-18,22-23,29-30,36H,8-12,32H2,1-2,4-6H3/t16-,17-,18+,22+,23?,29+,30+/m0/s1. The highest BCUT2D eigenvalue weighted by Gasteiger charge is 2.62. The van der Waals surface area contributed by atoms with Crippen molar-refractivity contribution in [3.8, 4) is 28.7 Å². The first-order valence-corrected chi connectivity index (χ1v) is 15.6. The van der Waals surface area contributed by atoms with E-state index in [1.165, 1.54) is 11.8 Å². The highest BCUT2D eigenvalue weighted by molar-refractivity contribution is 7.99. The quantitative estimate of drug-likeness (QED) is 0.295. The summed E-state index contributed by atoms with van der Waals surface area (Å²) >= 11 is 1.49. The first kappa shape index (κ1) is 29.3. The Balaban J connectivity index is 1.53. The third kappa shape index (κ3) is 4.01. The second-order valence-corrected chi connectivity index (χ2v) is 13.1. The number of benzene rings is 2. The van der Waals surface area contributed by atoms with E-state index in [9.17, 15) is 9.90 Å². The van der Waals surface area contributed by atoms with Gasteiger partial charge in [-0.25, -0.2) is 11.5 Å². The molecule has 5 aliphatic rings. The zero-order chi connectivity index (χ0) is 31.0. The van der Waals surface area contributed by atoms with Gasteiger partial charge in [0.05, 0.1) is 30.5 Å². The summed E-state index contributed by atoms with van der Waals surface area (Å²) in [5.74, 6) is 2.11. The number of fused-ring (bicyclic) bond motifs is 9. The molecule has 2 saturated heterocycles. The molecule has 0 aliphatic carbocycles. The number of methoxy groups -OCH3 is 2. The lowest BCUT2D eigenvalue weighted by Gasteiger charge is -2.59. The Morgan fingerprint density at radius 3 is 2.66 bits per heavy atom. The molecule has 1 unspecified atom stereocenters. The fourth-order valence-electron chi connectivity index (χ4n) is 7.92. The molecule has 12 nitrogen and oxygen atoms in total. The SMILES string of the molecule is [C-]#[N+][C@H]1[C@@H]2Cc3cc(C)c(OC)c(OCOC)c3[C@H](C3[C@@H]4SC[C@H](N)C(=O)OC[C@H](c5c6c(c(C)c(O)c54)OCO6)N31)N2C. The normalized spacial score (nSPS) is 30.5. The Hall–Kier alpha value is -3.41. The molecule has 0 radical (unpaired) electrons. The number of rotatable bonds is 4. The van der Waals surface area contributed by atoms with Crippen LogP contribution in [0, 0.1) is 20.4 Å². The van der Waals surface area contributed by atoms with Crippen molar-refractivity contribution in [3.63, 3.8) is 0 Å². The predicted octanol–water partition coefficient (Wildman–Crippen LogP) is 2.97. The van der Waals surface area contributed by atoms with Crippen LogP contribution in [0.5, 0.6) is 28.7 Å². The number of thioether (sulfide) groups is 1. The minimum atomic E-state index is -0.846. The number of piperazine rings is 1. The van der Waals surface area contributed by atoms with Gasteiger partial charge in [-0.1, -0.05) is 6.07 Å². The summed E-state index contributed by atoms with van der Waals surface area (Å²) < 4.78 is 35.2. The van der Waals surface area contributed by atoms with Gasteiger partial charge >= 0.3 is 5.97 Å². The van der Waals surface area contributed by atoms with Gasteiger partial charge in [0.1, 0.15) is 24.4 Å². The van der Waals surface area contributed by atoms with Crippen LogP contribution in [0.4, 0.5) is 0 Å². The third-order valence-electron chi connectivity index (χ3n) is 9.74. The number of nitrogens with zero attached hydrogens (tertiary/aromatic N) is 3. The number of ether oxygens (including phenoxy) is 6. The van der Waals surface area contributed by atoms with E-state index >= 15 is 0 Å². The number of esters is 1. The van der Waals surface area contributed by atoms with Crippen LogP contribution in [0.25, 0.3) is 4.85 Å². The number of aryl methyl sites for hydroxylation is 1. The molecular formula is C31H36N4O8S. The second kappa shape index (κ2) is 10.9. The van der Waals surface area contributed by atoms with Crippen molar-refractivity contribution in [1.82, 2.24) is 9.80 Å². The molecule has 3 N–H and O–H groups in total. The number of carbonyl (C=O) groups is 1. The van der Waals surface area contributed by atoms with Crippen molar-refractivity contribution >= 4 is 17.7 Å². The molecule has 4 bridgehead atoms. The van der Waals surface area contributed by atoms with Gasteiger partial charge < -0.3 is 39.3 Å². The topological polar surface area (TPSA) is 130 Å². The maximum absolute atomic E-state index is 12.9. The predicted molar refractivity (Wildman–Crippen MR) is 160 cm³/mol. The van der Waals surface area contributed by atoms with E-state index in [0.717, 1.165) is 16.7 Å². The Labute approximate surface area is 260 Å². The lowest BCUT2D eigenvalue weighted by atomic mass is 9.72. The van der Waals surface area contributed by atoms with Gasteiger partial charge in [0.25, 0.3) is 6.17 Å². The zero-order valence-electron chi connectivity index (χ0n) is 25.3. The number of hydrogen-bond acceptors (Lipinski definition) is 12. The summed E-state index contributed by atoms with van der Waals surface area (Å²) in [6.07, 6.45) is 0.0146. The van der Waals surface area contributed by atoms with Crippen molar-refractivity contribution in [2.75, 3.05) is 47.2 Å². The van der Waals surface area contributed by atoms with E-state index in [1.54, 1.807) is 14.2 Å². The molecule has 2 fully saturated rings. The summed E-state index contributed by atoms with van der Waals surface area (Å²) in [6.45, 7) is 12.3. The molecule has 2 aromatic carbocycles. The van der Waals surface area contributed by atoms with Crippen LogP contribution in [0.15, 0.2) is 6.07 Å². The van der Waals surface area contributed by atoms with Crippen molar-refractivity contribution in [2.24, 2.45) is 5.73 Å². The van der Waals surface area contributed by atoms with Crippen LogP contribution in [-0.4, -0.2) is 92.4 Å². The van der Waals surface area contributed by atoms with Crippen LogP contribution >= 0.6 is 11.8 Å². The molecule has 0 spiro atoms. The molecule has 13 heteroatoms. The summed E-state index contributed by atoms with van der Waals surface area (Å²) in [4.78, 5) is 21.7. The highest BCUT2D eigenvalue weighted by Crippen LogP contribution is 2.64. The molecular weight excluding hydrogens is 588 g/mol. The number of nitrogens with two attached hydrogens (primary N) is 1. The Morgan fingerprint density at radius 1 is 1.16 bits per heavy atom. The number of likely N-dealkylation sites (N-methyl/N-ethyl adjacent to an activating group) is 1. The van der Waals surface area contributed by atoms with Crippen molar-refractivity contribution in [2.45, 2.75) is 61.9 Å². The van der Waals surface area contributed by atoms with Crippen molar-refractivity contribution in [1.29, 1.82) is 0 Å². The van der Waals surface area contributed by atoms with E-state index in [0.29, 0.717) is 46.1 Å². The molecule has 0 aromatic heterocycles. The summed E-state index contributed by atoms with van der Waals surface area (Å²) in [5.41, 5.74) is 11.3. The van der Waals surface area contributed by atoms with E-state index in [4.69, 9.17) is 40.7 Å². The van der Waals surface area contributed by atoms with E-state index in [1.807, 2.05) is 13.8 Å². The van der Waals surface area contributed by atoms with Gasteiger partial charge in [-0.15, -0.1) is 11.8 Å². The minimum absolute atomic E-state index is 0.0115. The van der Waals surface area contributed by atoms with E-state index < -0.39 is 29.5 Å². The van der Waals surface area contributed by atoms with Crippen LogP contribution in [0.3, 0.4) is 0 Å². The Morgan fingerprint density at radius 2 is 1.93 bits per heavy atom. The van der Waals surface area contributed by atoms with Gasteiger partial charge in [0, 0.05) is 35.1 Å². The number of phenols is 1. The average molecular weight is 625 g/mol. The molecule has 5 aliphatic heterocycles. The maximum atomic E-state index is 12.9. The van der Waals surface area contributed by atoms with E-state index in [-0.39, 0.29) is 49.8 Å². The molecule has 44 heavy (non-hydrogen) atoms. The molecule has 0 saturated carbocycles. The molecule has 234 valence electrons. The minimum Gasteiger partial charge on any atom is -0.507 e. The highest BCUT2D eigenvalue weighted by atomic mass is 32.2. The smallest absolute Gasteiger partial charge is 0.323 e. The Bertz CT molecular complexity index is 1580. The van der Waals surface area contributed by atoms with Gasteiger partial charge in [0.15, 0.2) is 29.8 Å². The summed E-state index contributed by atoms with van der Waals surface area (Å²) in [6, 6.07) is -0.130. The fourth-order valence-corrected chi connectivity index (χ4v) is 9.36. The van der Waals surface area contributed by atoms with Crippen LogP contribution in [0.2, 0.25) is 0 Å². The lowest BCUT2D eigenvalue weighted by molar-refractivity contribution is -0.150. The zero-order valence-corrected chi connectivity index (χ0v) is 26.1. The maximum Gasteiger partial charge on any atom is 0.323 e. The molecule has 0 amide bonds. The first-order chi connectivity index (χ1) is 21.2. The van der Waals surface area contributed by atoms with Gasteiger partial charge in [-0.3, -0.25) is 14.5 Å². The van der Waals surface area contributed by atoms with Crippen molar-refractivity contribution in [3.05, 3.63) is 50.9 Å². The van der Waals surface area contributed by atoms with Crippen LogP contribution < -0.4 is 24.7 Å². The number of aromatic hydroxyl groups is 1. The second-order valence-electron chi connectivity index (χ2n) is 11.9. The average Bonchev–Trinajstić information content (AvgIpc) is 3.50. The van der Waals surface area contributed by atoms with E-state index in [2.05, 4.69) is 27.8 Å². The van der Waals surface area contributed by atoms with Gasteiger partial charge in [-0.2, -0.15) is 0 Å². The third-order valence-corrected chi connectivity index (χ3v) is 11.2. The summed E-state index contributed by atoms with van der Waals surface area (Å²) in [7, 11) is 5.25. The molecule has 7 rings (SSSR count). The monoisotopic (exact) mass is 624 g/mol. The fraction of sp³-hybridized carbons (Fsp3) is 0.548. The number of phenolic OH excluding ortho intramolecular Hbond substituents is 1. The molecule has 5 heterocycles. The Kier molecular flexibility index (Phi) is 7.25. The van der Waals surface area contributed by atoms with Gasteiger partial charge in [0.2, 0.25) is 6.79 Å². The first-order valence-electron chi connectivity index (χ1n) is 14.6. The number of carbonyl (C=O) groups excluding carboxylic acids is 1. The van der Waals surface area contributed by atoms with Gasteiger partial charge in [-0.05, 0) is 38.4 Å². The largest absolute Gasteiger partial charge is 0.507 e.